The van der Waals surface area contributed by atoms with Crippen molar-refractivity contribution in [2.75, 3.05) is 7.11 Å². The van der Waals surface area contributed by atoms with E-state index in [1.165, 1.54) is 0 Å². The van der Waals surface area contributed by atoms with Crippen molar-refractivity contribution in [2.45, 2.75) is 6.61 Å². The van der Waals surface area contributed by atoms with Gasteiger partial charge in [0.1, 0.15) is 0 Å². The summed E-state index contributed by atoms with van der Waals surface area (Å²) in [6.45, 7) is 0.589. The average Bonchev–Trinajstić information content (AvgIpc) is 2.33. The van der Waals surface area contributed by atoms with Crippen LogP contribution in [0.15, 0.2) is 47.2 Å². The summed E-state index contributed by atoms with van der Waals surface area (Å²) in [6.07, 6.45) is 3.64. The predicted molar refractivity (Wildman–Crippen MR) is 68.1 cm³/mol. The molecule has 0 radical (unpaired) electrons. The average molecular weight is 278 g/mol. The molecule has 82 valence electrons. The molecule has 3 heteroatoms. The Labute approximate surface area is 103 Å². The summed E-state index contributed by atoms with van der Waals surface area (Å²) >= 11 is 3.55. The Morgan fingerprint density at radius 1 is 1.25 bits per heavy atom. The van der Waals surface area contributed by atoms with Crippen molar-refractivity contribution in [1.82, 2.24) is 4.98 Å². The second-order valence-electron chi connectivity index (χ2n) is 3.44. The Morgan fingerprint density at radius 2 is 2.12 bits per heavy atom. The first-order valence-corrected chi connectivity index (χ1v) is 5.79. The van der Waals surface area contributed by atoms with Crippen LogP contribution in [0.4, 0.5) is 0 Å². The molecule has 1 heterocycles. The highest BCUT2D eigenvalue weighted by Gasteiger charge is 2.07. The monoisotopic (exact) mass is 277 g/mol. The molecule has 0 bridgehead atoms. The molecule has 1 aromatic carbocycles. The molecule has 0 amide bonds. The number of halogens is 1. The summed E-state index contributed by atoms with van der Waals surface area (Å²) in [7, 11) is 1.70. The van der Waals surface area contributed by atoms with Crippen LogP contribution in [0, 0.1) is 0 Å². The normalized spacial score (nSPS) is 10.4. The number of nitrogens with zero attached hydrogens (tertiary/aromatic N) is 1. The van der Waals surface area contributed by atoms with Crippen LogP contribution in [0.3, 0.4) is 0 Å². The molecule has 2 rings (SSSR count). The lowest BCUT2D eigenvalue weighted by Gasteiger charge is -2.10. The first kappa shape index (κ1) is 11.3. The molecule has 1 aromatic heterocycles. The fourth-order valence-corrected chi connectivity index (χ4v) is 2.12. The molecule has 0 saturated heterocycles. The summed E-state index contributed by atoms with van der Waals surface area (Å²) in [4.78, 5) is 4.14. The van der Waals surface area contributed by atoms with Gasteiger partial charge in [0.2, 0.25) is 0 Å². The van der Waals surface area contributed by atoms with E-state index in [9.17, 15) is 0 Å². The molecule has 16 heavy (non-hydrogen) atoms. The Kier molecular flexibility index (Phi) is 3.70. The van der Waals surface area contributed by atoms with Crippen LogP contribution < -0.4 is 0 Å². The smallest absolute Gasteiger partial charge is 0.0730 e. The molecular weight excluding hydrogens is 266 g/mol. The number of pyridine rings is 1. The molecule has 0 N–H and O–H groups in total. The van der Waals surface area contributed by atoms with Crippen LogP contribution in [0.5, 0.6) is 0 Å². The zero-order valence-corrected chi connectivity index (χ0v) is 10.6. The summed E-state index contributed by atoms with van der Waals surface area (Å²) in [5.74, 6) is 0. The molecule has 0 saturated carbocycles. The number of methoxy groups -OCH3 is 1. The number of hydrogen-bond donors (Lipinski definition) is 0. The number of ether oxygens (including phenoxy) is 1. The molecule has 2 aromatic rings. The Morgan fingerprint density at radius 3 is 2.81 bits per heavy atom. The summed E-state index contributed by atoms with van der Waals surface area (Å²) < 4.78 is 6.29. The van der Waals surface area contributed by atoms with Crippen molar-refractivity contribution < 1.29 is 4.74 Å². The van der Waals surface area contributed by atoms with Gasteiger partial charge in [-0.25, -0.2) is 0 Å². The number of rotatable bonds is 3. The van der Waals surface area contributed by atoms with Gasteiger partial charge in [0, 0.05) is 29.5 Å². The fraction of sp³-hybridized carbons (Fsp3) is 0.154. The van der Waals surface area contributed by atoms with Crippen molar-refractivity contribution >= 4 is 15.9 Å². The van der Waals surface area contributed by atoms with Gasteiger partial charge in [-0.3, -0.25) is 4.98 Å². The maximum Gasteiger partial charge on any atom is 0.0730 e. The maximum absolute atomic E-state index is 5.22. The van der Waals surface area contributed by atoms with Gasteiger partial charge < -0.3 is 4.74 Å². The molecule has 0 atom stereocenters. The Bertz CT molecular complexity index is 471. The minimum absolute atomic E-state index is 0.589. The van der Waals surface area contributed by atoms with Crippen molar-refractivity contribution in [1.29, 1.82) is 0 Å². The van der Waals surface area contributed by atoms with E-state index in [-0.39, 0.29) is 0 Å². The minimum atomic E-state index is 0.589. The van der Waals surface area contributed by atoms with Gasteiger partial charge in [0.05, 0.1) is 6.61 Å². The molecule has 0 spiro atoms. The van der Waals surface area contributed by atoms with Gasteiger partial charge in [0.25, 0.3) is 0 Å². The van der Waals surface area contributed by atoms with E-state index in [4.69, 9.17) is 4.74 Å². The zero-order valence-electron chi connectivity index (χ0n) is 8.98. The van der Waals surface area contributed by atoms with Gasteiger partial charge >= 0.3 is 0 Å². The van der Waals surface area contributed by atoms with Crippen molar-refractivity contribution in [3.05, 3.63) is 52.8 Å². The third-order valence-electron chi connectivity index (χ3n) is 2.38. The largest absolute Gasteiger partial charge is 0.380 e. The van der Waals surface area contributed by atoms with Gasteiger partial charge in [-0.2, -0.15) is 0 Å². The van der Waals surface area contributed by atoms with Crippen molar-refractivity contribution in [3.8, 4) is 11.1 Å². The molecule has 0 fully saturated rings. The van der Waals surface area contributed by atoms with Gasteiger partial charge in [-0.05, 0) is 23.3 Å². The van der Waals surface area contributed by atoms with E-state index in [1.807, 2.05) is 30.5 Å². The predicted octanol–water partition coefficient (Wildman–Crippen LogP) is 3.66. The lowest BCUT2D eigenvalue weighted by molar-refractivity contribution is 0.185. The van der Waals surface area contributed by atoms with Crippen molar-refractivity contribution in [3.63, 3.8) is 0 Å². The second kappa shape index (κ2) is 5.23. The maximum atomic E-state index is 5.22. The lowest BCUT2D eigenvalue weighted by atomic mass is 10.0. The first-order valence-electron chi connectivity index (χ1n) is 4.99. The van der Waals surface area contributed by atoms with E-state index >= 15 is 0 Å². The molecule has 0 aliphatic heterocycles. The Hall–Kier alpha value is -1.19. The number of hydrogen-bond acceptors (Lipinski definition) is 2. The van der Waals surface area contributed by atoms with Crippen LogP contribution in [0.25, 0.3) is 11.1 Å². The van der Waals surface area contributed by atoms with E-state index in [2.05, 4.69) is 27.0 Å². The van der Waals surface area contributed by atoms with E-state index in [1.54, 1.807) is 13.3 Å². The molecule has 0 aliphatic rings. The van der Waals surface area contributed by atoms with Crippen molar-refractivity contribution in [2.24, 2.45) is 0 Å². The first-order chi connectivity index (χ1) is 7.83. The highest BCUT2D eigenvalue weighted by molar-refractivity contribution is 9.10. The lowest BCUT2D eigenvalue weighted by Crippen LogP contribution is -1.93. The molecular formula is C13H12BrNO. The Balaban J connectivity index is 2.52. The van der Waals surface area contributed by atoms with Crippen LogP contribution >= 0.6 is 15.9 Å². The van der Waals surface area contributed by atoms with E-state index in [0.717, 1.165) is 21.2 Å². The highest BCUT2D eigenvalue weighted by Crippen LogP contribution is 2.29. The summed E-state index contributed by atoms with van der Waals surface area (Å²) in [5, 5.41) is 0. The minimum Gasteiger partial charge on any atom is -0.380 e. The summed E-state index contributed by atoms with van der Waals surface area (Å²) in [5.41, 5.74) is 3.41. The van der Waals surface area contributed by atoms with Crippen LogP contribution in [0.1, 0.15) is 5.56 Å². The van der Waals surface area contributed by atoms with Crippen LogP contribution in [-0.2, 0) is 11.3 Å². The van der Waals surface area contributed by atoms with E-state index in [0.29, 0.717) is 6.61 Å². The second-order valence-corrected chi connectivity index (χ2v) is 4.29. The molecule has 0 unspecified atom stereocenters. The van der Waals surface area contributed by atoms with Crippen LogP contribution in [-0.4, -0.2) is 12.1 Å². The van der Waals surface area contributed by atoms with Crippen LogP contribution in [0.2, 0.25) is 0 Å². The third-order valence-corrected chi connectivity index (χ3v) is 3.12. The highest BCUT2D eigenvalue weighted by atomic mass is 79.9. The fourth-order valence-electron chi connectivity index (χ4n) is 1.64. The number of aromatic nitrogens is 1. The molecule has 0 aliphatic carbocycles. The quantitative estimate of drug-likeness (QED) is 0.854. The third kappa shape index (κ3) is 2.31. The SMILES string of the molecule is COCc1c(Br)cccc1-c1cccnc1. The molecule has 2 nitrogen and oxygen atoms in total. The summed E-state index contributed by atoms with van der Waals surface area (Å²) in [6, 6.07) is 10.1. The standard InChI is InChI=1S/C13H12BrNO/c1-16-9-12-11(5-2-6-13(12)14)10-4-3-7-15-8-10/h2-8H,9H2,1H3. The van der Waals surface area contributed by atoms with E-state index < -0.39 is 0 Å². The number of benzene rings is 1. The zero-order chi connectivity index (χ0) is 11.4. The van der Waals surface area contributed by atoms with Gasteiger partial charge in [0.15, 0.2) is 0 Å². The van der Waals surface area contributed by atoms with Gasteiger partial charge in [-0.15, -0.1) is 0 Å². The van der Waals surface area contributed by atoms with Gasteiger partial charge in [-0.1, -0.05) is 34.1 Å². The topological polar surface area (TPSA) is 22.1 Å².